The summed E-state index contributed by atoms with van der Waals surface area (Å²) in [5.74, 6) is 0.305. The minimum absolute atomic E-state index is 0.134. The molecule has 2 rings (SSSR count). The summed E-state index contributed by atoms with van der Waals surface area (Å²) in [4.78, 5) is 3.18. The second kappa shape index (κ2) is 2.77. The number of hydrogen-bond donors (Lipinski definition) is 2. The lowest BCUT2D eigenvalue weighted by atomic mass is 9.87. The molecule has 0 radical (unpaired) electrons. The fourth-order valence-corrected chi connectivity index (χ4v) is 1.73. The summed E-state index contributed by atoms with van der Waals surface area (Å²) in [7, 11) is 0. The molecule has 2 nitrogen and oxygen atoms in total. The number of nitrogens with one attached hydrogen (secondary N) is 1. The molecule has 2 aromatic rings. The first-order valence-corrected chi connectivity index (χ1v) is 4.79. The summed E-state index contributed by atoms with van der Waals surface area (Å²) in [5.41, 5.74) is 2.41. The minimum atomic E-state index is 0.134. The first-order chi connectivity index (χ1) is 6.48. The van der Waals surface area contributed by atoms with E-state index in [1.807, 2.05) is 12.3 Å². The smallest absolute Gasteiger partial charge is 0.117 e. The van der Waals surface area contributed by atoms with Gasteiger partial charge in [0.2, 0.25) is 0 Å². The van der Waals surface area contributed by atoms with Gasteiger partial charge in [0.25, 0.3) is 0 Å². The zero-order valence-electron chi connectivity index (χ0n) is 8.76. The van der Waals surface area contributed by atoms with Gasteiger partial charge in [-0.1, -0.05) is 20.8 Å². The van der Waals surface area contributed by atoms with Gasteiger partial charge >= 0.3 is 0 Å². The Labute approximate surface area is 83.6 Å². The molecule has 1 heterocycles. The number of benzene rings is 1. The van der Waals surface area contributed by atoms with E-state index in [0.29, 0.717) is 5.75 Å². The topological polar surface area (TPSA) is 36.0 Å². The Kier molecular flexibility index (Phi) is 1.81. The number of aromatic hydroxyl groups is 1. The standard InChI is InChI=1S/C12H15NO/c1-12(2,3)10-7-13-11-6-8(14)4-5-9(10)11/h4-7,13-14H,1-3H3. The fourth-order valence-electron chi connectivity index (χ4n) is 1.73. The summed E-state index contributed by atoms with van der Waals surface area (Å²) in [6.07, 6.45) is 2.02. The Balaban J connectivity index is 2.70. The number of phenols is 1. The Bertz CT molecular complexity index is 463. The van der Waals surface area contributed by atoms with Gasteiger partial charge in [0.15, 0.2) is 0 Å². The quantitative estimate of drug-likeness (QED) is 0.656. The number of fused-ring (bicyclic) bond motifs is 1. The average molecular weight is 189 g/mol. The molecule has 0 saturated heterocycles. The van der Waals surface area contributed by atoms with E-state index in [9.17, 15) is 5.11 Å². The molecule has 14 heavy (non-hydrogen) atoms. The highest BCUT2D eigenvalue weighted by Gasteiger charge is 2.17. The third-order valence-electron chi connectivity index (χ3n) is 2.47. The number of aromatic amines is 1. The van der Waals surface area contributed by atoms with Crippen LogP contribution in [0.15, 0.2) is 24.4 Å². The fraction of sp³-hybridized carbons (Fsp3) is 0.333. The molecule has 0 spiro atoms. The van der Waals surface area contributed by atoms with Crippen molar-refractivity contribution in [2.75, 3.05) is 0 Å². The number of rotatable bonds is 0. The third kappa shape index (κ3) is 1.37. The summed E-state index contributed by atoms with van der Waals surface area (Å²) >= 11 is 0. The Morgan fingerprint density at radius 3 is 2.57 bits per heavy atom. The van der Waals surface area contributed by atoms with Crippen LogP contribution in [-0.4, -0.2) is 10.1 Å². The first kappa shape index (κ1) is 9.13. The maximum absolute atomic E-state index is 9.32. The number of phenolic OH excluding ortho intramolecular Hbond substituents is 1. The lowest BCUT2D eigenvalue weighted by molar-refractivity contribution is 0.476. The van der Waals surface area contributed by atoms with E-state index < -0.39 is 0 Å². The molecule has 2 N–H and O–H groups in total. The van der Waals surface area contributed by atoms with Gasteiger partial charge in [0.1, 0.15) is 5.75 Å². The molecule has 0 amide bonds. The highest BCUT2D eigenvalue weighted by atomic mass is 16.3. The van der Waals surface area contributed by atoms with Crippen LogP contribution in [0, 0.1) is 0 Å². The van der Waals surface area contributed by atoms with Crippen molar-refractivity contribution < 1.29 is 5.11 Å². The molecule has 0 saturated carbocycles. The van der Waals surface area contributed by atoms with E-state index in [0.717, 1.165) is 5.52 Å². The molecule has 0 aliphatic rings. The lowest BCUT2D eigenvalue weighted by Crippen LogP contribution is -2.09. The summed E-state index contributed by atoms with van der Waals surface area (Å²) in [6.45, 7) is 6.55. The molecule has 0 fully saturated rings. The predicted octanol–water partition coefficient (Wildman–Crippen LogP) is 3.17. The van der Waals surface area contributed by atoms with Crippen LogP contribution in [0.1, 0.15) is 26.3 Å². The van der Waals surface area contributed by atoms with Gasteiger partial charge in [-0.3, -0.25) is 0 Å². The maximum Gasteiger partial charge on any atom is 0.117 e. The predicted molar refractivity (Wildman–Crippen MR) is 58.7 cm³/mol. The van der Waals surface area contributed by atoms with Gasteiger partial charge in [-0.15, -0.1) is 0 Å². The number of hydrogen-bond acceptors (Lipinski definition) is 1. The van der Waals surface area contributed by atoms with Gasteiger partial charge in [0.05, 0.1) is 0 Å². The average Bonchev–Trinajstić information content (AvgIpc) is 2.45. The molecule has 74 valence electrons. The molecular formula is C12H15NO. The summed E-state index contributed by atoms with van der Waals surface area (Å²) in [5, 5.41) is 10.5. The molecule has 0 unspecified atom stereocenters. The highest BCUT2D eigenvalue weighted by Crippen LogP contribution is 2.31. The molecule has 0 aliphatic heterocycles. The van der Waals surface area contributed by atoms with Crippen LogP contribution in [0.25, 0.3) is 10.9 Å². The first-order valence-electron chi connectivity index (χ1n) is 4.79. The van der Waals surface area contributed by atoms with Crippen molar-refractivity contribution in [2.45, 2.75) is 26.2 Å². The van der Waals surface area contributed by atoms with E-state index in [1.165, 1.54) is 10.9 Å². The van der Waals surface area contributed by atoms with Gasteiger partial charge in [-0.25, -0.2) is 0 Å². The Morgan fingerprint density at radius 1 is 1.21 bits per heavy atom. The van der Waals surface area contributed by atoms with E-state index in [-0.39, 0.29) is 5.41 Å². The van der Waals surface area contributed by atoms with Gasteiger partial charge in [-0.2, -0.15) is 0 Å². The zero-order chi connectivity index (χ0) is 10.3. The van der Waals surface area contributed by atoms with Crippen molar-refractivity contribution in [3.8, 4) is 5.75 Å². The minimum Gasteiger partial charge on any atom is -0.508 e. The van der Waals surface area contributed by atoms with Crippen molar-refractivity contribution in [3.05, 3.63) is 30.0 Å². The van der Waals surface area contributed by atoms with Crippen LogP contribution in [0.4, 0.5) is 0 Å². The zero-order valence-corrected chi connectivity index (χ0v) is 8.76. The van der Waals surface area contributed by atoms with Gasteiger partial charge < -0.3 is 10.1 Å². The summed E-state index contributed by atoms with van der Waals surface area (Å²) < 4.78 is 0. The largest absolute Gasteiger partial charge is 0.508 e. The lowest BCUT2D eigenvalue weighted by Gasteiger charge is -2.17. The second-order valence-electron chi connectivity index (χ2n) is 4.68. The van der Waals surface area contributed by atoms with Crippen LogP contribution >= 0.6 is 0 Å². The van der Waals surface area contributed by atoms with Crippen LogP contribution in [0.2, 0.25) is 0 Å². The molecule has 1 aromatic heterocycles. The maximum atomic E-state index is 9.32. The molecule has 0 atom stereocenters. The van der Waals surface area contributed by atoms with Crippen LogP contribution in [0.3, 0.4) is 0 Å². The Hall–Kier alpha value is -1.44. The van der Waals surface area contributed by atoms with Crippen molar-refractivity contribution in [1.82, 2.24) is 4.98 Å². The highest BCUT2D eigenvalue weighted by molar-refractivity contribution is 5.85. The SMILES string of the molecule is CC(C)(C)c1c[nH]c2cc(O)ccc12. The van der Waals surface area contributed by atoms with Crippen molar-refractivity contribution in [1.29, 1.82) is 0 Å². The number of H-pyrrole nitrogens is 1. The van der Waals surface area contributed by atoms with Gasteiger partial charge in [0, 0.05) is 23.2 Å². The second-order valence-corrected chi connectivity index (χ2v) is 4.68. The van der Waals surface area contributed by atoms with E-state index in [2.05, 4.69) is 25.8 Å². The molecule has 0 bridgehead atoms. The third-order valence-corrected chi connectivity index (χ3v) is 2.47. The van der Waals surface area contributed by atoms with Crippen LogP contribution < -0.4 is 0 Å². The van der Waals surface area contributed by atoms with Crippen LogP contribution in [-0.2, 0) is 5.41 Å². The molecule has 1 aromatic carbocycles. The number of aromatic nitrogens is 1. The van der Waals surface area contributed by atoms with E-state index >= 15 is 0 Å². The molecule has 0 aliphatic carbocycles. The van der Waals surface area contributed by atoms with E-state index in [4.69, 9.17) is 0 Å². The molecular weight excluding hydrogens is 174 g/mol. The van der Waals surface area contributed by atoms with Crippen molar-refractivity contribution >= 4 is 10.9 Å². The Morgan fingerprint density at radius 2 is 1.93 bits per heavy atom. The van der Waals surface area contributed by atoms with Crippen molar-refractivity contribution in [3.63, 3.8) is 0 Å². The van der Waals surface area contributed by atoms with Crippen molar-refractivity contribution in [2.24, 2.45) is 0 Å². The monoisotopic (exact) mass is 189 g/mol. The molecule has 2 heteroatoms. The summed E-state index contributed by atoms with van der Waals surface area (Å²) in [6, 6.07) is 5.44. The van der Waals surface area contributed by atoms with Crippen LogP contribution in [0.5, 0.6) is 5.75 Å². The van der Waals surface area contributed by atoms with Gasteiger partial charge in [-0.05, 0) is 23.1 Å². The van der Waals surface area contributed by atoms with E-state index in [1.54, 1.807) is 12.1 Å². The normalized spacial score (nSPS) is 12.2.